The summed E-state index contributed by atoms with van der Waals surface area (Å²) in [6.45, 7) is 3.56. The molecule has 2 unspecified atom stereocenters. The number of aliphatic hydroxyl groups is 1. The number of aliphatic hydroxyl groups excluding tert-OH is 1. The van der Waals surface area contributed by atoms with E-state index < -0.39 is 5.97 Å². The number of rotatable bonds is 2. The molecule has 0 aromatic carbocycles. The van der Waals surface area contributed by atoms with Gasteiger partial charge in [0.2, 0.25) is 0 Å². The van der Waals surface area contributed by atoms with E-state index in [0.29, 0.717) is 0 Å². The van der Waals surface area contributed by atoms with Crippen molar-refractivity contribution < 1.29 is 15.0 Å². The SMILES string of the molecule is CC1CN(c2ccc(C(=O)O)nc2)CCC1O. The Bertz CT molecular complexity index is 405. The maximum atomic E-state index is 10.7. The van der Waals surface area contributed by atoms with Crippen molar-refractivity contribution in [2.24, 2.45) is 5.92 Å². The minimum absolute atomic E-state index is 0.0545. The van der Waals surface area contributed by atoms with Crippen LogP contribution in [0.3, 0.4) is 0 Å². The minimum Gasteiger partial charge on any atom is -0.477 e. The monoisotopic (exact) mass is 236 g/mol. The van der Waals surface area contributed by atoms with Crippen LogP contribution in [0.4, 0.5) is 5.69 Å². The van der Waals surface area contributed by atoms with E-state index in [1.807, 2.05) is 6.92 Å². The van der Waals surface area contributed by atoms with Crippen molar-refractivity contribution in [2.45, 2.75) is 19.4 Å². The topological polar surface area (TPSA) is 73.7 Å². The van der Waals surface area contributed by atoms with Gasteiger partial charge in [-0.2, -0.15) is 0 Å². The molecule has 5 nitrogen and oxygen atoms in total. The Labute approximate surface area is 99.7 Å². The van der Waals surface area contributed by atoms with Gasteiger partial charge in [0.1, 0.15) is 5.69 Å². The van der Waals surface area contributed by atoms with E-state index in [2.05, 4.69) is 9.88 Å². The highest BCUT2D eigenvalue weighted by atomic mass is 16.4. The molecular formula is C12H16N2O3. The van der Waals surface area contributed by atoms with Crippen molar-refractivity contribution in [1.82, 2.24) is 4.98 Å². The average molecular weight is 236 g/mol. The fourth-order valence-corrected chi connectivity index (χ4v) is 2.07. The number of anilines is 1. The lowest BCUT2D eigenvalue weighted by molar-refractivity contribution is 0.0690. The third kappa shape index (κ3) is 2.55. The molecule has 0 spiro atoms. The maximum absolute atomic E-state index is 10.7. The first-order valence-electron chi connectivity index (χ1n) is 5.70. The van der Waals surface area contributed by atoms with Crippen LogP contribution in [0.5, 0.6) is 0 Å². The Hall–Kier alpha value is -1.62. The fraction of sp³-hybridized carbons (Fsp3) is 0.500. The fourth-order valence-electron chi connectivity index (χ4n) is 2.07. The second-order valence-corrected chi connectivity index (χ2v) is 4.49. The molecule has 2 heterocycles. The lowest BCUT2D eigenvalue weighted by Crippen LogP contribution is -2.42. The van der Waals surface area contributed by atoms with E-state index >= 15 is 0 Å². The number of aromatic carboxylic acids is 1. The molecule has 0 amide bonds. The van der Waals surface area contributed by atoms with Crippen LogP contribution >= 0.6 is 0 Å². The van der Waals surface area contributed by atoms with E-state index in [0.717, 1.165) is 25.2 Å². The van der Waals surface area contributed by atoms with E-state index in [-0.39, 0.29) is 17.7 Å². The van der Waals surface area contributed by atoms with Gasteiger partial charge in [0.25, 0.3) is 0 Å². The molecular weight excluding hydrogens is 220 g/mol. The first-order valence-corrected chi connectivity index (χ1v) is 5.70. The smallest absolute Gasteiger partial charge is 0.354 e. The molecule has 2 N–H and O–H groups in total. The van der Waals surface area contributed by atoms with Crippen molar-refractivity contribution in [3.8, 4) is 0 Å². The van der Waals surface area contributed by atoms with Crippen LogP contribution in [-0.2, 0) is 0 Å². The van der Waals surface area contributed by atoms with Crippen LogP contribution in [0, 0.1) is 5.92 Å². The highest BCUT2D eigenvalue weighted by Crippen LogP contribution is 2.22. The second-order valence-electron chi connectivity index (χ2n) is 4.49. The number of carbonyl (C=O) groups is 1. The zero-order valence-corrected chi connectivity index (χ0v) is 9.71. The molecule has 1 aliphatic heterocycles. The van der Waals surface area contributed by atoms with E-state index in [4.69, 9.17) is 5.11 Å². The number of hydrogen-bond acceptors (Lipinski definition) is 4. The van der Waals surface area contributed by atoms with Gasteiger partial charge in [-0.15, -0.1) is 0 Å². The van der Waals surface area contributed by atoms with Gasteiger partial charge < -0.3 is 15.1 Å². The van der Waals surface area contributed by atoms with E-state index in [1.54, 1.807) is 12.3 Å². The van der Waals surface area contributed by atoms with Crippen LogP contribution in [0.1, 0.15) is 23.8 Å². The quantitative estimate of drug-likeness (QED) is 0.801. The summed E-state index contributed by atoms with van der Waals surface area (Å²) in [6.07, 6.45) is 2.08. The lowest BCUT2D eigenvalue weighted by Gasteiger charge is -2.35. The number of nitrogens with zero attached hydrogens (tertiary/aromatic N) is 2. The first kappa shape index (κ1) is 11.9. The molecule has 2 atom stereocenters. The third-order valence-electron chi connectivity index (χ3n) is 3.19. The van der Waals surface area contributed by atoms with Crippen molar-refractivity contribution in [1.29, 1.82) is 0 Å². The molecule has 1 aromatic rings. The van der Waals surface area contributed by atoms with Gasteiger partial charge in [-0.25, -0.2) is 9.78 Å². The third-order valence-corrected chi connectivity index (χ3v) is 3.19. The second kappa shape index (κ2) is 4.71. The molecule has 1 aliphatic rings. The van der Waals surface area contributed by atoms with Crippen molar-refractivity contribution in [3.63, 3.8) is 0 Å². The van der Waals surface area contributed by atoms with Gasteiger partial charge >= 0.3 is 5.97 Å². The Kier molecular flexibility index (Phi) is 3.28. The molecule has 0 radical (unpaired) electrons. The number of carboxylic acid groups (broad SMARTS) is 1. The highest BCUT2D eigenvalue weighted by molar-refractivity contribution is 5.85. The summed E-state index contributed by atoms with van der Waals surface area (Å²) in [5.74, 6) is -0.790. The van der Waals surface area contributed by atoms with Crippen LogP contribution in [0.25, 0.3) is 0 Å². The Morgan fingerprint density at radius 2 is 2.29 bits per heavy atom. The summed E-state index contributed by atoms with van der Waals surface area (Å²) in [5, 5.41) is 18.4. The van der Waals surface area contributed by atoms with Gasteiger partial charge in [-0.1, -0.05) is 6.92 Å². The molecule has 1 fully saturated rings. The standard InChI is InChI=1S/C12H16N2O3/c1-8-7-14(5-4-11(8)15)9-2-3-10(12(16)17)13-6-9/h2-3,6,8,11,15H,4-5,7H2,1H3,(H,16,17). The molecule has 1 aromatic heterocycles. The highest BCUT2D eigenvalue weighted by Gasteiger charge is 2.24. The summed E-state index contributed by atoms with van der Waals surface area (Å²) in [7, 11) is 0. The Morgan fingerprint density at radius 1 is 1.53 bits per heavy atom. The first-order chi connectivity index (χ1) is 8.08. The zero-order chi connectivity index (χ0) is 12.4. The summed E-state index contributed by atoms with van der Waals surface area (Å²) < 4.78 is 0. The summed E-state index contributed by atoms with van der Waals surface area (Å²) in [4.78, 5) is 16.7. The summed E-state index contributed by atoms with van der Waals surface area (Å²) in [6, 6.07) is 3.27. The normalized spacial score (nSPS) is 24.7. The number of carboxylic acids is 1. The molecule has 5 heteroatoms. The molecule has 0 aliphatic carbocycles. The van der Waals surface area contributed by atoms with Gasteiger partial charge in [-0.05, 0) is 24.5 Å². The zero-order valence-electron chi connectivity index (χ0n) is 9.71. The summed E-state index contributed by atoms with van der Waals surface area (Å²) in [5.41, 5.74) is 0.965. The van der Waals surface area contributed by atoms with Crippen LogP contribution in [-0.4, -0.2) is 40.4 Å². The van der Waals surface area contributed by atoms with E-state index in [1.165, 1.54) is 6.07 Å². The van der Waals surface area contributed by atoms with E-state index in [9.17, 15) is 9.90 Å². The van der Waals surface area contributed by atoms with Crippen LogP contribution in [0.2, 0.25) is 0 Å². The summed E-state index contributed by atoms with van der Waals surface area (Å²) >= 11 is 0. The van der Waals surface area contributed by atoms with Crippen molar-refractivity contribution in [3.05, 3.63) is 24.0 Å². The Morgan fingerprint density at radius 3 is 2.82 bits per heavy atom. The predicted octanol–water partition coefficient (Wildman–Crippen LogP) is 0.987. The van der Waals surface area contributed by atoms with Gasteiger partial charge in [0.15, 0.2) is 0 Å². The Balaban J connectivity index is 2.10. The number of hydrogen-bond donors (Lipinski definition) is 2. The van der Waals surface area contributed by atoms with Gasteiger partial charge in [0, 0.05) is 13.1 Å². The molecule has 92 valence electrons. The number of piperidine rings is 1. The van der Waals surface area contributed by atoms with Gasteiger partial charge in [0.05, 0.1) is 18.0 Å². The number of pyridine rings is 1. The molecule has 17 heavy (non-hydrogen) atoms. The lowest BCUT2D eigenvalue weighted by atomic mass is 9.96. The van der Waals surface area contributed by atoms with Crippen LogP contribution < -0.4 is 4.90 Å². The molecule has 2 rings (SSSR count). The predicted molar refractivity (Wildman–Crippen MR) is 63.2 cm³/mol. The largest absolute Gasteiger partial charge is 0.477 e. The van der Waals surface area contributed by atoms with Crippen molar-refractivity contribution in [2.75, 3.05) is 18.0 Å². The molecule has 0 bridgehead atoms. The molecule has 0 saturated carbocycles. The average Bonchev–Trinajstić information content (AvgIpc) is 2.33. The van der Waals surface area contributed by atoms with Gasteiger partial charge in [-0.3, -0.25) is 0 Å². The van der Waals surface area contributed by atoms with Crippen LogP contribution in [0.15, 0.2) is 18.3 Å². The molecule has 1 saturated heterocycles. The number of aromatic nitrogens is 1. The van der Waals surface area contributed by atoms with Crippen molar-refractivity contribution >= 4 is 11.7 Å². The maximum Gasteiger partial charge on any atom is 0.354 e. The minimum atomic E-state index is -1.01.